The maximum atomic E-state index is 13.1. The summed E-state index contributed by atoms with van der Waals surface area (Å²) in [6, 6.07) is 7.95. The van der Waals surface area contributed by atoms with E-state index in [4.69, 9.17) is 9.47 Å². The lowest BCUT2D eigenvalue weighted by Crippen LogP contribution is -2.43. The van der Waals surface area contributed by atoms with Crippen LogP contribution < -0.4 is 10.1 Å². The maximum absolute atomic E-state index is 13.1. The van der Waals surface area contributed by atoms with Crippen LogP contribution in [0.15, 0.2) is 24.3 Å². The van der Waals surface area contributed by atoms with Crippen molar-refractivity contribution in [1.82, 2.24) is 10.2 Å². The van der Waals surface area contributed by atoms with Gasteiger partial charge in [0, 0.05) is 31.2 Å². The van der Waals surface area contributed by atoms with Crippen molar-refractivity contribution < 1.29 is 14.3 Å². The van der Waals surface area contributed by atoms with E-state index >= 15 is 0 Å². The Kier molecular flexibility index (Phi) is 6.10. The van der Waals surface area contributed by atoms with E-state index < -0.39 is 0 Å². The quantitative estimate of drug-likeness (QED) is 0.868. The van der Waals surface area contributed by atoms with E-state index in [1.54, 1.807) is 7.11 Å². The third kappa shape index (κ3) is 4.28. The van der Waals surface area contributed by atoms with Gasteiger partial charge in [0.15, 0.2) is 0 Å². The summed E-state index contributed by atoms with van der Waals surface area (Å²) in [4.78, 5) is 15.1. The van der Waals surface area contributed by atoms with Crippen molar-refractivity contribution in [3.05, 3.63) is 29.8 Å². The Hall–Kier alpha value is -1.59. The summed E-state index contributed by atoms with van der Waals surface area (Å²) in [7, 11) is 1.68. The van der Waals surface area contributed by atoms with Gasteiger partial charge in [-0.3, -0.25) is 4.79 Å². The summed E-state index contributed by atoms with van der Waals surface area (Å²) < 4.78 is 11.2. The Balaban J connectivity index is 1.74. The van der Waals surface area contributed by atoms with Gasteiger partial charge in [-0.05, 0) is 44.8 Å². The molecule has 2 fully saturated rings. The lowest BCUT2D eigenvalue weighted by Gasteiger charge is -2.31. The lowest BCUT2D eigenvalue weighted by atomic mass is 9.96. The number of ether oxygens (including phenoxy) is 2. The minimum atomic E-state index is 0.127. The third-order valence-electron chi connectivity index (χ3n) is 5.00. The number of para-hydroxylation sites is 1. The Morgan fingerprint density at radius 3 is 2.79 bits per heavy atom. The van der Waals surface area contributed by atoms with E-state index in [1.165, 1.54) is 0 Å². The normalized spacial score (nSPS) is 21.6. The van der Waals surface area contributed by atoms with E-state index in [2.05, 4.69) is 5.32 Å². The molecular weight excluding hydrogens is 304 g/mol. The Morgan fingerprint density at radius 2 is 2.08 bits per heavy atom. The van der Waals surface area contributed by atoms with E-state index in [0.29, 0.717) is 13.1 Å². The molecule has 5 heteroatoms. The van der Waals surface area contributed by atoms with Gasteiger partial charge in [0.05, 0.1) is 13.2 Å². The molecule has 0 bridgehead atoms. The molecule has 0 saturated carbocycles. The van der Waals surface area contributed by atoms with Crippen LogP contribution in [0.1, 0.15) is 31.2 Å². The van der Waals surface area contributed by atoms with Gasteiger partial charge in [-0.2, -0.15) is 0 Å². The SMILES string of the molecule is COc1ccccc1CN(CC1CCCO1)C(=O)C1CCNCC1. The molecule has 0 aliphatic carbocycles. The van der Waals surface area contributed by atoms with Gasteiger partial charge in [-0.15, -0.1) is 0 Å². The average Bonchev–Trinajstić information content (AvgIpc) is 3.15. The molecular formula is C19H28N2O3. The van der Waals surface area contributed by atoms with Crippen molar-refractivity contribution in [3.63, 3.8) is 0 Å². The number of hydrogen-bond donors (Lipinski definition) is 1. The zero-order chi connectivity index (χ0) is 16.8. The van der Waals surface area contributed by atoms with Crippen LogP contribution in [-0.4, -0.2) is 50.3 Å². The molecule has 1 atom stereocenters. The smallest absolute Gasteiger partial charge is 0.226 e. The number of methoxy groups -OCH3 is 1. The van der Waals surface area contributed by atoms with Crippen LogP contribution in [0.3, 0.4) is 0 Å². The molecule has 2 aliphatic heterocycles. The molecule has 2 saturated heterocycles. The first-order chi connectivity index (χ1) is 11.8. The maximum Gasteiger partial charge on any atom is 0.226 e. The molecule has 132 valence electrons. The number of carbonyl (C=O) groups is 1. The Labute approximate surface area is 144 Å². The van der Waals surface area contributed by atoms with Gasteiger partial charge in [0.1, 0.15) is 5.75 Å². The van der Waals surface area contributed by atoms with Gasteiger partial charge in [0.2, 0.25) is 5.91 Å². The summed E-state index contributed by atoms with van der Waals surface area (Å²) in [6.45, 7) is 3.94. The molecule has 0 spiro atoms. The second-order valence-corrected chi connectivity index (χ2v) is 6.69. The average molecular weight is 332 g/mol. The van der Waals surface area contributed by atoms with Crippen LogP contribution in [0, 0.1) is 5.92 Å². The first-order valence-electron chi connectivity index (χ1n) is 9.01. The number of rotatable bonds is 6. The van der Waals surface area contributed by atoms with Crippen molar-refractivity contribution in [1.29, 1.82) is 0 Å². The monoisotopic (exact) mass is 332 g/mol. The number of carbonyl (C=O) groups excluding carboxylic acids is 1. The Bertz CT molecular complexity index is 537. The van der Waals surface area contributed by atoms with Crippen LogP contribution in [0.2, 0.25) is 0 Å². The first-order valence-corrected chi connectivity index (χ1v) is 9.01. The molecule has 1 unspecified atom stereocenters. The van der Waals surface area contributed by atoms with E-state index in [-0.39, 0.29) is 17.9 Å². The molecule has 5 nitrogen and oxygen atoms in total. The fourth-order valence-corrected chi connectivity index (χ4v) is 3.63. The predicted molar refractivity (Wildman–Crippen MR) is 93.0 cm³/mol. The van der Waals surface area contributed by atoms with E-state index in [0.717, 1.165) is 56.7 Å². The second kappa shape index (κ2) is 8.49. The molecule has 1 N–H and O–H groups in total. The Morgan fingerprint density at radius 1 is 1.29 bits per heavy atom. The van der Waals surface area contributed by atoms with Crippen molar-refractivity contribution in [2.24, 2.45) is 5.92 Å². The highest BCUT2D eigenvalue weighted by molar-refractivity contribution is 5.79. The highest BCUT2D eigenvalue weighted by Crippen LogP contribution is 2.24. The summed E-state index contributed by atoms with van der Waals surface area (Å²) in [5.74, 6) is 1.23. The topological polar surface area (TPSA) is 50.8 Å². The molecule has 3 rings (SSSR count). The first kappa shape index (κ1) is 17.2. The number of hydrogen-bond acceptors (Lipinski definition) is 4. The van der Waals surface area contributed by atoms with Crippen LogP contribution in [0.5, 0.6) is 5.75 Å². The summed E-state index contributed by atoms with van der Waals surface area (Å²) in [5.41, 5.74) is 1.06. The standard InChI is InChI=1S/C19H28N2O3/c1-23-18-7-3-2-5-16(18)13-21(14-17-6-4-12-24-17)19(22)15-8-10-20-11-9-15/h2-3,5,7,15,17,20H,4,6,8-14H2,1H3. The van der Waals surface area contributed by atoms with E-state index in [1.807, 2.05) is 29.2 Å². The molecule has 1 aromatic rings. The van der Waals surface area contributed by atoms with Crippen molar-refractivity contribution >= 4 is 5.91 Å². The van der Waals surface area contributed by atoms with Crippen molar-refractivity contribution in [2.45, 2.75) is 38.3 Å². The summed E-state index contributed by atoms with van der Waals surface area (Å²) >= 11 is 0. The zero-order valence-electron chi connectivity index (χ0n) is 14.5. The predicted octanol–water partition coefficient (Wildman–Crippen LogP) is 2.20. The minimum Gasteiger partial charge on any atom is -0.496 e. The van der Waals surface area contributed by atoms with Crippen LogP contribution in [-0.2, 0) is 16.1 Å². The minimum absolute atomic E-state index is 0.127. The van der Waals surface area contributed by atoms with Gasteiger partial charge in [-0.1, -0.05) is 18.2 Å². The summed E-state index contributed by atoms with van der Waals surface area (Å²) in [5, 5.41) is 3.33. The third-order valence-corrected chi connectivity index (χ3v) is 5.00. The highest BCUT2D eigenvalue weighted by atomic mass is 16.5. The number of nitrogens with zero attached hydrogens (tertiary/aromatic N) is 1. The van der Waals surface area contributed by atoms with Gasteiger partial charge in [0.25, 0.3) is 0 Å². The fraction of sp³-hybridized carbons (Fsp3) is 0.632. The number of piperidine rings is 1. The molecule has 24 heavy (non-hydrogen) atoms. The zero-order valence-corrected chi connectivity index (χ0v) is 14.5. The number of amides is 1. The lowest BCUT2D eigenvalue weighted by molar-refractivity contribution is -0.138. The molecule has 1 aromatic carbocycles. The molecule has 0 aromatic heterocycles. The number of benzene rings is 1. The second-order valence-electron chi connectivity index (χ2n) is 6.69. The van der Waals surface area contributed by atoms with Crippen LogP contribution >= 0.6 is 0 Å². The molecule has 1 amide bonds. The van der Waals surface area contributed by atoms with Gasteiger partial charge in [-0.25, -0.2) is 0 Å². The van der Waals surface area contributed by atoms with Crippen LogP contribution in [0.25, 0.3) is 0 Å². The summed E-state index contributed by atoms with van der Waals surface area (Å²) in [6.07, 6.45) is 4.15. The van der Waals surface area contributed by atoms with Gasteiger partial charge < -0.3 is 19.7 Å². The van der Waals surface area contributed by atoms with Crippen molar-refractivity contribution in [2.75, 3.05) is 33.4 Å². The largest absolute Gasteiger partial charge is 0.496 e. The van der Waals surface area contributed by atoms with Gasteiger partial charge >= 0.3 is 0 Å². The molecule has 2 aliphatic rings. The highest BCUT2D eigenvalue weighted by Gasteiger charge is 2.29. The van der Waals surface area contributed by atoms with Crippen LogP contribution in [0.4, 0.5) is 0 Å². The fourth-order valence-electron chi connectivity index (χ4n) is 3.63. The number of nitrogens with one attached hydrogen (secondary N) is 1. The van der Waals surface area contributed by atoms with Crippen molar-refractivity contribution in [3.8, 4) is 5.75 Å². The molecule has 2 heterocycles. The molecule has 0 radical (unpaired) electrons. The van der Waals surface area contributed by atoms with E-state index in [9.17, 15) is 4.79 Å².